The molecule has 1 aromatic rings. The third kappa shape index (κ3) is 4.10. The molecule has 3 aliphatic rings. The standard InChI is InChI=1S/C20H27ClN4O3/c21-16-13-15(19(26)24-6-2-1-3-7-24)14-22-18(16)23-8-10-25(11-9-23)20(27)17-5-4-12-28-17/h13-14,17H,1-12H2. The number of carbonyl (C=O) groups is 2. The van der Waals surface area contributed by atoms with Gasteiger partial charge in [-0.15, -0.1) is 0 Å². The molecule has 0 bridgehead atoms. The van der Waals surface area contributed by atoms with Crippen molar-refractivity contribution >= 4 is 29.2 Å². The lowest BCUT2D eigenvalue weighted by atomic mass is 10.1. The molecule has 152 valence electrons. The Morgan fingerprint density at radius 2 is 1.75 bits per heavy atom. The Morgan fingerprint density at radius 3 is 2.39 bits per heavy atom. The Hall–Kier alpha value is -1.86. The van der Waals surface area contributed by atoms with Crippen LogP contribution in [-0.2, 0) is 9.53 Å². The minimum atomic E-state index is -0.270. The number of likely N-dealkylation sites (tertiary alicyclic amines) is 1. The van der Waals surface area contributed by atoms with Gasteiger partial charge in [0.1, 0.15) is 11.9 Å². The van der Waals surface area contributed by atoms with E-state index in [0.29, 0.717) is 49.2 Å². The van der Waals surface area contributed by atoms with E-state index in [1.165, 1.54) is 6.42 Å². The Balaban J connectivity index is 1.37. The molecular formula is C20H27ClN4O3. The summed E-state index contributed by atoms with van der Waals surface area (Å²) in [6.45, 7) is 4.89. The molecule has 0 aliphatic carbocycles. The number of amides is 2. The lowest BCUT2D eigenvalue weighted by molar-refractivity contribution is -0.141. The van der Waals surface area contributed by atoms with E-state index in [2.05, 4.69) is 9.88 Å². The van der Waals surface area contributed by atoms with Gasteiger partial charge in [0.2, 0.25) is 0 Å². The third-order valence-corrected chi connectivity index (χ3v) is 6.09. The fourth-order valence-corrected chi connectivity index (χ4v) is 4.46. The maximum atomic E-state index is 12.6. The third-order valence-electron chi connectivity index (χ3n) is 5.81. The van der Waals surface area contributed by atoms with Gasteiger partial charge in [-0.2, -0.15) is 0 Å². The van der Waals surface area contributed by atoms with Gasteiger partial charge in [0.25, 0.3) is 11.8 Å². The van der Waals surface area contributed by atoms with Crippen molar-refractivity contribution < 1.29 is 14.3 Å². The summed E-state index contributed by atoms with van der Waals surface area (Å²) in [6, 6.07) is 1.73. The van der Waals surface area contributed by atoms with Crippen LogP contribution >= 0.6 is 11.6 Å². The number of halogens is 1. The molecule has 4 rings (SSSR count). The van der Waals surface area contributed by atoms with Crippen LogP contribution in [0, 0.1) is 0 Å². The molecule has 7 nitrogen and oxygen atoms in total. The first-order chi connectivity index (χ1) is 13.6. The Bertz CT molecular complexity index is 724. The molecular weight excluding hydrogens is 380 g/mol. The molecule has 1 atom stereocenters. The van der Waals surface area contributed by atoms with Gasteiger partial charge in [0.05, 0.1) is 10.6 Å². The summed E-state index contributed by atoms with van der Waals surface area (Å²) in [5, 5.41) is 0.488. The highest BCUT2D eigenvalue weighted by Crippen LogP contribution is 2.26. The van der Waals surface area contributed by atoms with Crippen molar-refractivity contribution in [2.75, 3.05) is 50.8 Å². The number of hydrogen-bond donors (Lipinski definition) is 0. The van der Waals surface area contributed by atoms with Gasteiger partial charge in [-0.25, -0.2) is 4.98 Å². The van der Waals surface area contributed by atoms with Crippen LogP contribution in [0.1, 0.15) is 42.5 Å². The van der Waals surface area contributed by atoms with Crippen molar-refractivity contribution in [2.24, 2.45) is 0 Å². The summed E-state index contributed by atoms with van der Waals surface area (Å²) in [4.78, 5) is 35.4. The second-order valence-corrected chi connectivity index (χ2v) is 8.10. The largest absolute Gasteiger partial charge is 0.368 e. The van der Waals surface area contributed by atoms with Gasteiger partial charge in [-0.05, 0) is 38.2 Å². The first kappa shape index (κ1) is 19.5. The topological polar surface area (TPSA) is 66.0 Å². The van der Waals surface area contributed by atoms with Gasteiger partial charge in [0.15, 0.2) is 0 Å². The number of piperidine rings is 1. The number of anilines is 1. The summed E-state index contributed by atoms with van der Waals surface area (Å²) in [5.74, 6) is 0.785. The minimum Gasteiger partial charge on any atom is -0.368 e. The Morgan fingerprint density at radius 1 is 1.00 bits per heavy atom. The maximum Gasteiger partial charge on any atom is 0.255 e. The number of rotatable bonds is 3. The van der Waals surface area contributed by atoms with Crippen molar-refractivity contribution in [2.45, 2.75) is 38.2 Å². The number of aromatic nitrogens is 1. The van der Waals surface area contributed by atoms with E-state index < -0.39 is 0 Å². The molecule has 28 heavy (non-hydrogen) atoms. The molecule has 3 fully saturated rings. The summed E-state index contributed by atoms with van der Waals surface area (Å²) in [6.07, 6.45) is 6.43. The first-order valence-corrected chi connectivity index (χ1v) is 10.6. The van der Waals surface area contributed by atoms with Crippen molar-refractivity contribution in [1.82, 2.24) is 14.8 Å². The zero-order valence-electron chi connectivity index (χ0n) is 16.1. The number of pyridine rings is 1. The lowest BCUT2D eigenvalue weighted by Gasteiger charge is -2.36. The quantitative estimate of drug-likeness (QED) is 0.769. The van der Waals surface area contributed by atoms with Crippen molar-refractivity contribution in [1.29, 1.82) is 0 Å². The highest BCUT2D eigenvalue weighted by atomic mass is 35.5. The minimum absolute atomic E-state index is 0.00706. The molecule has 3 aliphatic heterocycles. The number of carbonyl (C=O) groups excluding carboxylic acids is 2. The average molecular weight is 407 g/mol. The van der Waals surface area contributed by atoms with Crippen molar-refractivity contribution in [3.8, 4) is 0 Å². The van der Waals surface area contributed by atoms with E-state index in [-0.39, 0.29) is 17.9 Å². The summed E-state index contributed by atoms with van der Waals surface area (Å²) in [5.41, 5.74) is 0.544. The fraction of sp³-hybridized carbons (Fsp3) is 0.650. The van der Waals surface area contributed by atoms with Crippen LogP contribution in [-0.4, -0.2) is 78.6 Å². The SMILES string of the molecule is O=C(c1cnc(N2CCN(C(=O)C3CCCO3)CC2)c(Cl)c1)N1CCCCC1. The Labute approximate surface area is 170 Å². The monoisotopic (exact) mass is 406 g/mol. The van der Waals surface area contributed by atoms with E-state index in [4.69, 9.17) is 16.3 Å². The second-order valence-electron chi connectivity index (χ2n) is 7.70. The van der Waals surface area contributed by atoms with Crippen LogP contribution in [0.25, 0.3) is 0 Å². The Kier molecular flexibility index (Phi) is 6.01. The van der Waals surface area contributed by atoms with Crippen molar-refractivity contribution in [3.05, 3.63) is 22.8 Å². The highest BCUT2D eigenvalue weighted by molar-refractivity contribution is 6.33. The lowest BCUT2D eigenvalue weighted by Crippen LogP contribution is -2.51. The van der Waals surface area contributed by atoms with Crippen LogP contribution in [0.5, 0.6) is 0 Å². The summed E-state index contributed by atoms with van der Waals surface area (Å²) in [7, 11) is 0. The van der Waals surface area contributed by atoms with Gasteiger partial charge in [-0.3, -0.25) is 9.59 Å². The molecule has 1 unspecified atom stereocenters. The highest BCUT2D eigenvalue weighted by Gasteiger charge is 2.31. The zero-order valence-corrected chi connectivity index (χ0v) is 16.9. The van der Waals surface area contributed by atoms with E-state index >= 15 is 0 Å². The van der Waals surface area contributed by atoms with E-state index in [1.807, 2.05) is 9.80 Å². The molecule has 0 N–H and O–H groups in total. The van der Waals surface area contributed by atoms with Crippen LogP contribution in [0.15, 0.2) is 12.3 Å². The number of hydrogen-bond acceptors (Lipinski definition) is 5. The number of piperazine rings is 1. The predicted octanol–water partition coefficient (Wildman–Crippen LogP) is 2.19. The van der Waals surface area contributed by atoms with Gasteiger partial charge in [0, 0.05) is 52.1 Å². The molecule has 8 heteroatoms. The summed E-state index contributed by atoms with van der Waals surface area (Å²) >= 11 is 6.47. The normalized spacial score (nSPS) is 23.2. The number of nitrogens with zero attached hydrogens (tertiary/aromatic N) is 4. The fourth-order valence-electron chi connectivity index (χ4n) is 4.17. The molecule has 0 radical (unpaired) electrons. The molecule has 0 aromatic carbocycles. The van der Waals surface area contributed by atoms with Crippen LogP contribution in [0.3, 0.4) is 0 Å². The molecule has 2 amide bonds. The van der Waals surface area contributed by atoms with Crippen LogP contribution < -0.4 is 4.90 Å². The molecule has 0 spiro atoms. The van der Waals surface area contributed by atoms with Crippen molar-refractivity contribution in [3.63, 3.8) is 0 Å². The van der Waals surface area contributed by atoms with E-state index in [9.17, 15) is 9.59 Å². The summed E-state index contributed by atoms with van der Waals surface area (Å²) < 4.78 is 5.51. The second kappa shape index (κ2) is 8.66. The predicted molar refractivity (Wildman–Crippen MR) is 107 cm³/mol. The smallest absolute Gasteiger partial charge is 0.255 e. The molecule has 4 heterocycles. The van der Waals surface area contributed by atoms with E-state index in [0.717, 1.165) is 38.8 Å². The molecule has 1 aromatic heterocycles. The van der Waals surface area contributed by atoms with E-state index in [1.54, 1.807) is 12.3 Å². The first-order valence-electron chi connectivity index (χ1n) is 10.2. The van der Waals surface area contributed by atoms with Gasteiger partial charge >= 0.3 is 0 Å². The zero-order chi connectivity index (χ0) is 19.5. The van der Waals surface area contributed by atoms with Crippen LogP contribution in [0.2, 0.25) is 5.02 Å². The number of ether oxygens (including phenoxy) is 1. The van der Waals surface area contributed by atoms with Gasteiger partial charge < -0.3 is 19.4 Å². The average Bonchev–Trinajstić information content (AvgIpc) is 3.28. The van der Waals surface area contributed by atoms with Crippen LogP contribution in [0.4, 0.5) is 5.82 Å². The maximum absolute atomic E-state index is 12.6. The van der Waals surface area contributed by atoms with Gasteiger partial charge in [-0.1, -0.05) is 11.6 Å². The molecule has 3 saturated heterocycles. The molecule has 0 saturated carbocycles.